The Kier molecular flexibility index (Phi) is 1.10. The fourth-order valence-corrected chi connectivity index (χ4v) is 1.07. The number of allylic oxidation sites excluding steroid dienone is 2. The third-order valence-corrected chi connectivity index (χ3v) is 1.77. The van der Waals surface area contributed by atoms with Crippen molar-refractivity contribution in [2.75, 3.05) is 0 Å². The van der Waals surface area contributed by atoms with Crippen LogP contribution in [0.1, 0.15) is 12.6 Å². The van der Waals surface area contributed by atoms with Crippen LogP contribution in [0, 0.1) is 5.92 Å². The SMILES string of the molecule is CC1C=C1c1ccccn1. The Bertz CT molecular complexity index is 261. The van der Waals surface area contributed by atoms with Crippen molar-refractivity contribution >= 4 is 5.57 Å². The van der Waals surface area contributed by atoms with Gasteiger partial charge in [-0.25, -0.2) is 0 Å². The lowest BCUT2D eigenvalue weighted by atomic mass is 10.2. The number of pyridine rings is 1. The van der Waals surface area contributed by atoms with Crippen molar-refractivity contribution in [1.82, 2.24) is 4.98 Å². The van der Waals surface area contributed by atoms with Gasteiger partial charge in [0.05, 0.1) is 5.69 Å². The van der Waals surface area contributed by atoms with Gasteiger partial charge in [-0.05, 0) is 17.7 Å². The molecule has 1 unspecified atom stereocenters. The molecule has 1 nitrogen and oxygen atoms in total. The molecule has 1 heterocycles. The molecule has 0 saturated carbocycles. The minimum Gasteiger partial charge on any atom is -0.257 e. The maximum Gasteiger partial charge on any atom is 0.0664 e. The summed E-state index contributed by atoms with van der Waals surface area (Å²) in [6.45, 7) is 2.18. The monoisotopic (exact) mass is 131 g/mol. The summed E-state index contributed by atoms with van der Waals surface area (Å²) in [7, 11) is 0. The van der Waals surface area contributed by atoms with E-state index in [4.69, 9.17) is 0 Å². The van der Waals surface area contributed by atoms with Gasteiger partial charge in [-0.1, -0.05) is 19.1 Å². The average molecular weight is 131 g/mol. The van der Waals surface area contributed by atoms with Crippen molar-refractivity contribution in [3.8, 4) is 0 Å². The van der Waals surface area contributed by atoms with Crippen LogP contribution in [0.15, 0.2) is 30.5 Å². The standard InChI is InChI=1S/C9H9N/c1-7-6-8(7)9-4-2-3-5-10-9/h2-7H,1H3. The molecule has 0 radical (unpaired) electrons. The molecule has 50 valence electrons. The van der Waals surface area contributed by atoms with Gasteiger partial charge in [0.15, 0.2) is 0 Å². The highest BCUT2D eigenvalue weighted by atomic mass is 14.7. The minimum absolute atomic E-state index is 0.662. The smallest absolute Gasteiger partial charge is 0.0664 e. The lowest BCUT2D eigenvalue weighted by Gasteiger charge is -1.91. The first-order chi connectivity index (χ1) is 4.88. The average Bonchev–Trinajstić information content (AvgIpc) is 2.69. The molecular formula is C9H9N. The van der Waals surface area contributed by atoms with Crippen molar-refractivity contribution in [1.29, 1.82) is 0 Å². The van der Waals surface area contributed by atoms with Gasteiger partial charge >= 0.3 is 0 Å². The lowest BCUT2D eigenvalue weighted by Crippen LogP contribution is -1.80. The van der Waals surface area contributed by atoms with Gasteiger partial charge in [0.1, 0.15) is 0 Å². The van der Waals surface area contributed by atoms with Gasteiger partial charge < -0.3 is 0 Å². The molecule has 0 spiro atoms. The second kappa shape index (κ2) is 1.94. The Labute approximate surface area is 60.4 Å². The molecule has 0 bridgehead atoms. The van der Waals surface area contributed by atoms with E-state index in [1.54, 1.807) is 0 Å². The Morgan fingerprint density at radius 1 is 1.40 bits per heavy atom. The van der Waals surface area contributed by atoms with Crippen LogP contribution in [-0.2, 0) is 0 Å². The zero-order chi connectivity index (χ0) is 6.97. The van der Waals surface area contributed by atoms with Gasteiger partial charge in [0, 0.05) is 12.1 Å². The van der Waals surface area contributed by atoms with Gasteiger partial charge in [-0.15, -0.1) is 0 Å². The molecule has 0 aliphatic heterocycles. The van der Waals surface area contributed by atoms with Crippen LogP contribution in [0.2, 0.25) is 0 Å². The van der Waals surface area contributed by atoms with E-state index < -0.39 is 0 Å². The summed E-state index contributed by atoms with van der Waals surface area (Å²) in [4.78, 5) is 4.22. The summed E-state index contributed by atoms with van der Waals surface area (Å²) >= 11 is 0. The highest BCUT2D eigenvalue weighted by molar-refractivity contribution is 5.77. The number of hydrogen-bond acceptors (Lipinski definition) is 1. The number of aromatic nitrogens is 1. The molecule has 1 aromatic rings. The van der Waals surface area contributed by atoms with E-state index in [0.29, 0.717) is 5.92 Å². The van der Waals surface area contributed by atoms with Crippen LogP contribution in [0.3, 0.4) is 0 Å². The quantitative estimate of drug-likeness (QED) is 0.568. The summed E-state index contributed by atoms with van der Waals surface area (Å²) in [5.41, 5.74) is 2.52. The third kappa shape index (κ3) is 0.838. The first-order valence-electron chi connectivity index (χ1n) is 3.51. The molecule has 0 fully saturated rings. The second-order valence-electron chi connectivity index (χ2n) is 2.63. The van der Waals surface area contributed by atoms with Gasteiger partial charge in [-0.3, -0.25) is 4.98 Å². The molecular weight excluding hydrogens is 122 g/mol. The molecule has 1 aromatic heterocycles. The van der Waals surface area contributed by atoms with E-state index in [-0.39, 0.29) is 0 Å². The van der Waals surface area contributed by atoms with Crippen LogP contribution in [0.25, 0.3) is 5.57 Å². The van der Waals surface area contributed by atoms with E-state index in [1.807, 2.05) is 18.3 Å². The first-order valence-corrected chi connectivity index (χ1v) is 3.51. The van der Waals surface area contributed by atoms with Crippen LogP contribution < -0.4 is 0 Å². The van der Waals surface area contributed by atoms with Crippen molar-refractivity contribution < 1.29 is 0 Å². The normalized spacial score (nSPS) is 22.1. The molecule has 0 N–H and O–H groups in total. The summed E-state index contributed by atoms with van der Waals surface area (Å²) in [5.74, 6) is 0.662. The molecule has 1 aliphatic rings. The minimum atomic E-state index is 0.662. The highest BCUT2D eigenvalue weighted by Crippen LogP contribution is 2.35. The summed E-state index contributed by atoms with van der Waals surface area (Å²) in [6, 6.07) is 6.01. The molecule has 1 aliphatic carbocycles. The van der Waals surface area contributed by atoms with Crippen LogP contribution in [-0.4, -0.2) is 4.98 Å². The summed E-state index contributed by atoms with van der Waals surface area (Å²) in [6.07, 6.45) is 4.06. The number of nitrogens with zero attached hydrogens (tertiary/aromatic N) is 1. The molecule has 1 heteroatoms. The third-order valence-electron chi connectivity index (χ3n) is 1.77. The molecule has 2 rings (SSSR count). The summed E-state index contributed by atoms with van der Waals surface area (Å²) < 4.78 is 0. The van der Waals surface area contributed by atoms with E-state index in [9.17, 15) is 0 Å². The summed E-state index contributed by atoms with van der Waals surface area (Å²) in [5, 5.41) is 0. The number of rotatable bonds is 1. The van der Waals surface area contributed by atoms with Crippen molar-refractivity contribution in [3.05, 3.63) is 36.2 Å². The van der Waals surface area contributed by atoms with E-state index in [2.05, 4.69) is 24.1 Å². The van der Waals surface area contributed by atoms with Crippen LogP contribution in [0.4, 0.5) is 0 Å². The largest absolute Gasteiger partial charge is 0.257 e. The molecule has 10 heavy (non-hydrogen) atoms. The maximum atomic E-state index is 4.22. The van der Waals surface area contributed by atoms with Crippen LogP contribution >= 0.6 is 0 Å². The molecule has 0 amide bonds. The van der Waals surface area contributed by atoms with Gasteiger partial charge in [-0.2, -0.15) is 0 Å². The van der Waals surface area contributed by atoms with Gasteiger partial charge in [0.25, 0.3) is 0 Å². The second-order valence-corrected chi connectivity index (χ2v) is 2.63. The maximum absolute atomic E-state index is 4.22. The van der Waals surface area contributed by atoms with Gasteiger partial charge in [0.2, 0.25) is 0 Å². The van der Waals surface area contributed by atoms with Crippen molar-refractivity contribution in [2.45, 2.75) is 6.92 Å². The molecule has 0 aromatic carbocycles. The molecule has 1 atom stereocenters. The topological polar surface area (TPSA) is 12.9 Å². The van der Waals surface area contributed by atoms with E-state index in [0.717, 1.165) is 5.69 Å². The highest BCUT2D eigenvalue weighted by Gasteiger charge is 2.20. The molecule has 0 saturated heterocycles. The fraction of sp³-hybridized carbons (Fsp3) is 0.222. The fourth-order valence-electron chi connectivity index (χ4n) is 1.07. The predicted molar refractivity (Wildman–Crippen MR) is 41.4 cm³/mol. The Balaban J connectivity index is 2.29. The Hall–Kier alpha value is -1.11. The Morgan fingerprint density at radius 3 is 2.70 bits per heavy atom. The first kappa shape index (κ1) is 5.66. The van der Waals surface area contributed by atoms with Crippen molar-refractivity contribution in [3.63, 3.8) is 0 Å². The van der Waals surface area contributed by atoms with E-state index >= 15 is 0 Å². The van der Waals surface area contributed by atoms with Crippen LogP contribution in [0.5, 0.6) is 0 Å². The van der Waals surface area contributed by atoms with E-state index in [1.165, 1.54) is 5.57 Å². The predicted octanol–water partition coefficient (Wildman–Crippen LogP) is 2.11. The number of hydrogen-bond donors (Lipinski definition) is 0. The zero-order valence-electron chi connectivity index (χ0n) is 5.91. The lowest BCUT2D eigenvalue weighted by molar-refractivity contribution is 1.08. The van der Waals surface area contributed by atoms with Crippen molar-refractivity contribution in [2.24, 2.45) is 5.92 Å². The Morgan fingerprint density at radius 2 is 2.20 bits per heavy atom. The zero-order valence-corrected chi connectivity index (χ0v) is 5.91.